The van der Waals surface area contributed by atoms with Gasteiger partial charge in [-0.05, 0) is 17.2 Å². The Morgan fingerprint density at radius 1 is 0.862 bits per heavy atom. The lowest BCUT2D eigenvalue weighted by molar-refractivity contribution is -0.139. The average molecular weight is 383 g/mol. The zero-order valence-electron chi connectivity index (χ0n) is 16.2. The molecule has 0 aliphatic heterocycles. The van der Waals surface area contributed by atoms with Gasteiger partial charge in [0.15, 0.2) is 5.78 Å². The second-order valence-corrected chi connectivity index (χ2v) is 6.96. The van der Waals surface area contributed by atoms with Crippen molar-refractivity contribution in [1.29, 1.82) is 0 Å². The van der Waals surface area contributed by atoms with Gasteiger partial charge in [0.05, 0.1) is 13.5 Å². The summed E-state index contributed by atoms with van der Waals surface area (Å²) in [4.78, 5) is 24.9. The standard InChI is InChI=1S/C25H21NO3/c1-29-24(27)15-19-12-13-21-22(25(28)20-10-6-3-7-11-20)17-26(23(21)14-19)16-18-8-4-2-5-9-18/h2-14,17H,15-16H2,1H3. The van der Waals surface area contributed by atoms with Gasteiger partial charge in [0, 0.05) is 34.8 Å². The highest BCUT2D eigenvalue weighted by atomic mass is 16.5. The minimum atomic E-state index is -0.286. The normalized spacial score (nSPS) is 10.8. The largest absolute Gasteiger partial charge is 0.469 e. The van der Waals surface area contributed by atoms with Gasteiger partial charge in [-0.15, -0.1) is 0 Å². The Kier molecular flexibility index (Phi) is 5.25. The van der Waals surface area contributed by atoms with E-state index in [1.807, 2.05) is 72.9 Å². The van der Waals surface area contributed by atoms with Gasteiger partial charge in [0.2, 0.25) is 0 Å². The van der Waals surface area contributed by atoms with Gasteiger partial charge < -0.3 is 9.30 Å². The zero-order chi connectivity index (χ0) is 20.2. The molecule has 0 N–H and O–H groups in total. The van der Waals surface area contributed by atoms with Crippen molar-refractivity contribution in [2.24, 2.45) is 0 Å². The molecule has 0 saturated heterocycles. The van der Waals surface area contributed by atoms with Gasteiger partial charge in [-0.1, -0.05) is 72.8 Å². The Balaban J connectivity index is 1.81. The molecule has 4 heteroatoms. The van der Waals surface area contributed by atoms with Gasteiger partial charge in [0.25, 0.3) is 0 Å². The molecule has 4 nitrogen and oxygen atoms in total. The number of methoxy groups -OCH3 is 1. The monoisotopic (exact) mass is 383 g/mol. The molecule has 0 amide bonds. The van der Waals surface area contributed by atoms with Crippen LogP contribution >= 0.6 is 0 Å². The minimum Gasteiger partial charge on any atom is -0.469 e. The summed E-state index contributed by atoms with van der Waals surface area (Å²) < 4.78 is 6.86. The number of benzene rings is 3. The molecule has 0 bridgehead atoms. The number of aromatic nitrogens is 1. The van der Waals surface area contributed by atoms with E-state index < -0.39 is 0 Å². The summed E-state index contributed by atoms with van der Waals surface area (Å²) in [5.74, 6) is -0.297. The van der Waals surface area contributed by atoms with E-state index in [4.69, 9.17) is 4.74 Å². The Morgan fingerprint density at radius 3 is 2.24 bits per heavy atom. The maximum atomic E-state index is 13.1. The molecule has 0 aliphatic rings. The Morgan fingerprint density at radius 2 is 1.55 bits per heavy atom. The third-order valence-electron chi connectivity index (χ3n) is 5.00. The SMILES string of the molecule is COC(=O)Cc1ccc2c(C(=O)c3ccccc3)cn(Cc3ccccc3)c2c1. The second-order valence-electron chi connectivity index (χ2n) is 6.96. The maximum absolute atomic E-state index is 13.1. The van der Waals surface area contributed by atoms with Crippen molar-refractivity contribution in [3.63, 3.8) is 0 Å². The van der Waals surface area contributed by atoms with Crippen LogP contribution in [0, 0.1) is 0 Å². The van der Waals surface area contributed by atoms with Crippen molar-refractivity contribution >= 4 is 22.7 Å². The van der Waals surface area contributed by atoms with E-state index in [1.165, 1.54) is 7.11 Å². The quantitative estimate of drug-likeness (QED) is 0.360. The van der Waals surface area contributed by atoms with Crippen LogP contribution in [-0.4, -0.2) is 23.4 Å². The van der Waals surface area contributed by atoms with Crippen molar-refractivity contribution in [2.45, 2.75) is 13.0 Å². The van der Waals surface area contributed by atoms with Gasteiger partial charge in [-0.25, -0.2) is 0 Å². The van der Waals surface area contributed by atoms with Crippen molar-refractivity contribution in [2.75, 3.05) is 7.11 Å². The first-order valence-electron chi connectivity index (χ1n) is 9.48. The number of rotatable bonds is 6. The topological polar surface area (TPSA) is 48.3 Å². The number of esters is 1. The summed E-state index contributed by atoms with van der Waals surface area (Å²) in [6.07, 6.45) is 2.11. The van der Waals surface area contributed by atoms with Gasteiger partial charge in [0.1, 0.15) is 0 Å². The van der Waals surface area contributed by atoms with Crippen LogP contribution in [0.2, 0.25) is 0 Å². The van der Waals surface area contributed by atoms with Crippen LogP contribution in [0.3, 0.4) is 0 Å². The summed E-state index contributed by atoms with van der Waals surface area (Å²) in [7, 11) is 1.38. The zero-order valence-corrected chi connectivity index (χ0v) is 16.2. The highest BCUT2D eigenvalue weighted by molar-refractivity contribution is 6.16. The lowest BCUT2D eigenvalue weighted by Gasteiger charge is -2.07. The predicted molar refractivity (Wildman–Crippen MR) is 113 cm³/mol. The van der Waals surface area contributed by atoms with Crippen molar-refractivity contribution in [1.82, 2.24) is 4.57 Å². The van der Waals surface area contributed by atoms with Crippen molar-refractivity contribution in [3.05, 3.63) is 107 Å². The Labute approximate surface area is 169 Å². The Hall–Kier alpha value is -3.66. The molecule has 29 heavy (non-hydrogen) atoms. The van der Waals surface area contributed by atoms with E-state index in [-0.39, 0.29) is 18.2 Å². The van der Waals surface area contributed by atoms with Crippen LogP contribution in [0.15, 0.2) is 85.1 Å². The van der Waals surface area contributed by atoms with Crippen LogP contribution in [0.1, 0.15) is 27.0 Å². The highest BCUT2D eigenvalue weighted by Crippen LogP contribution is 2.26. The first kappa shape index (κ1) is 18.7. The molecule has 144 valence electrons. The van der Waals surface area contributed by atoms with Crippen LogP contribution in [0.25, 0.3) is 10.9 Å². The smallest absolute Gasteiger partial charge is 0.309 e. The predicted octanol–water partition coefficient (Wildman–Crippen LogP) is 4.64. The molecule has 0 unspecified atom stereocenters. The maximum Gasteiger partial charge on any atom is 0.309 e. The second kappa shape index (κ2) is 8.15. The molecule has 0 radical (unpaired) electrons. The van der Waals surface area contributed by atoms with Crippen LogP contribution < -0.4 is 0 Å². The van der Waals surface area contributed by atoms with Crippen LogP contribution in [0.4, 0.5) is 0 Å². The lowest BCUT2D eigenvalue weighted by atomic mass is 10.0. The number of hydrogen-bond donors (Lipinski definition) is 0. The number of nitrogens with zero attached hydrogens (tertiary/aromatic N) is 1. The summed E-state index contributed by atoms with van der Waals surface area (Å²) in [6, 6.07) is 25.2. The molecule has 0 atom stereocenters. The lowest BCUT2D eigenvalue weighted by Crippen LogP contribution is -2.04. The van der Waals surface area contributed by atoms with Crippen LogP contribution in [-0.2, 0) is 22.5 Å². The third-order valence-corrected chi connectivity index (χ3v) is 5.00. The fourth-order valence-corrected chi connectivity index (χ4v) is 3.52. The number of fused-ring (bicyclic) bond motifs is 1. The molecule has 4 aromatic rings. The summed E-state index contributed by atoms with van der Waals surface area (Å²) >= 11 is 0. The average Bonchev–Trinajstić information content (AvgIpc) is 3.12. The van der Waals surface area contributed by atoms with Crippen molar-refractivity contribution in [3.8, 4) is 0 Å². The van der Waals surface area contributed by atoms with Crippen LogP contribution in [0.5, 0.6) is 0 Å². The Bertz CT molecular complexity index is 1160. The fraction of sp³-hybridized carbons (Fsp3) is 0.120. The number of hydrogen-bond acceptors (Lipinski definition) is 3. The van der Waals surface area contributed by atoms with E-state index in [0.29, 0.717) is 17.7 Å². The van der Waals surface area contributed by atoms with E-state index in [1.54, 1.807) is 0 Å². The molecule has 4 rings (SSSR count). The summed E-state index contributed by atoms with van der Waals surface area (Å²) in [5.41, 5.74) is 4.24. The van der Waals surface area contributed by atoms with Gasteiger partial charge >= 0.3 is 5.97 Å². The first-order chi connectivity index (χ1) is 14.2. The molecule has 0 spiro atoms. The number of carbonyl (C=O) groups is 2. The number of ketones is 1. The van der Waals surface area contributed by atoms with E-state index >= 15 is 0 Å². The van der Waals surface area contributed by atoms with Crippen molar-refractivity contribution < 1.29 is 14.3 Å². The van der Waals surface area contributed by atoms with Gasteiger partial charge in [-0.2, -0.15) is 0 Å². The molecular formula is C25H21NO3. The molecule has 0 saturated carbocycles. The molecule has 1 heterocycles. The van der Waals surface area contributed by atoms with E-state index in [2.05, 4.69) is 16.7 Å². The molecular weight excluding hydrogens is 362 g/mol. The summed E-state index contributed by atoms with van der Waals surface area (Å²) in [6.45, 7) is 0.640. The van der Waals surface area contributed by atoms with E-state index in [9.17, 15) is 9.59 Å². The highest BCUT2D eigenvalue weighted by Gasteiger charge is 2.18. The fourth-order valence-electron chi connectivity index (χ4n) is 3.52. The number of ether oxygens (including phenoxy) is 1. The third kappa shape index (κ3) is 3.97. The van der Waals surface area contributed by atoms with Gasteiger partial charge in [-0.3, -0.25) is 9.59 Å². The molecule has 0 fully saturated rings. The number of carbonyl (C=O) groups excluding carboxylic acids is 2. The molecule has 3 aromatic carbocycles. The molecule has 0 aliphatic carbocycles. The summed E-state index contributed by atoms with van der Waals surface area (Å²) in [5, 5.41) is 0.878. The van der Waals surface area contributed by atoms with E-state index in [0.717, 1.165) is 22.0 Å². The first-order valence-corrected chi connectivity index (χ1v) is 9.48. The molecule has 1 aromatic heterocycles. The minimum absolute atomic E-state index is 0.0110.